The number of nitrogens with two attached hydrogens (primary N) is 1. The summed E-state index contributed by atoms with van der Waals surface area (Å²) >= 11 is 6.71. The molecule has 2 atom stereocenters. The third-order valence-electron chi connectivity index (χ3n) is 16.1. The summed E-state index contributed by atoms with van der Waals surface area (Å²) in [4.78, 5) is 57.4. The molecule has 4 aromatic carbocycles. The van der Waals surface area contributed by atoms with Crippen molar-refractivity contribution in [1.82, 2.24) is 30.2 Å². The summed E-state index contributed by atoms with van der Waals surface area (Å²) in [5.74, 6) is -2.31. The normalized spacial score (nSPS) is 23.5. The Morgan fingerprint density at radius 2 is 1.71 bits per heavy atom. The number of amides is 5. The Labute approximate surface area is 410 Å². The van der Waals surface area contributed by atoms with Crippen LogP contribution in [0.1, 0.15) is 104 Å². The maximum absolute atomic E-state index is 16.3. The van der Waals surface area contributed by atoms with E-state index in [1.54, 1.807) is 0 Å². The molecule has 4 heterocycles. The monoisotopic (exact) mass is 976 g/mol. The lowest BCUT2D eigenvalue weighted by Gasteiger charge is -2.40. The van der Waals surface area contributed by atoms with Crippen LogP contribution in [0.4, 0.5) is 19.4 Å². The molecule has 70 heavy (non-hydrogen) atoms. The largest absolute Gasteiger partial charge is 0.494 e. The third kappa shape index (κ3) is 8.34. The third-order valence-corrected chi connectivity index (χ3v) is 16.5. The molecule has 2 saturated carbocycles. The molecule has 0 unspecified atom stereocenters. The number of primary amides is 1. The number of nitrogens with one attached hydrogen (secondary N) is 2. The molecule has 5 amide bonds. The smallest absolute Gasteiger partial charge is 0.329 e. The highest BCUT2D eigenvalue weighted by Crippen LogP contribution is 2.57. The van der Waals surface area contributed by atoms with Gasteiger partial charge in [0.1, 0.15) is 11.6 Å². The van der Waals surface area contributed by atoms with Gasteiger partial charge in [-0.05, 0) is 106 Å². The lowest BCUT2D eigenvalue weighted by Crippen LogP contribution is -2.51. The highest BCUT2D eigenvalue weighted by atomic mass is 35.5. The standard InChI is InChI=1S/C53H59ClF2N8O6/c1-30-43-41(27-38(55)46(54)45(43)44-37(48(57)66)16-17-40(69-4)47(44)56)70-53(30,34-8-6-5-7-9-34)28-58-35-13-10-32(11-14-35)50(67)61(2)52(21-22-52)29-63-23-18-31(19-24-63)33-12-15-36-39(26-33)62(3)60-49(36)64-25-20-42(65)59-51(64)68/h5-9,12,15-17,26-27,30-32,35,58H,10-11,13-14,18-25,28-29H2,1-4H3,(H2,57,66)(H,59,65,68)/t30-,32?,35?,53-/m0/s1. The molecule has 5 aliphatic rings. The van der Waals surface area contributed by atoms with E-state index in [1.807, 2.05) is 62.1 Å². The summed E-state index contributed by atoms with van der Waals surface area (Å²) in [6.45, 7) is 5.29. The van der Waals surface area contributed by atoms with Gasteiger partial charge in [0, 0.05) is 86.2 Å². The van der Waals surface area contributed by atoms with Gasteiger partial charge >= 0.3 is 6.03 Å². The maximum Gasteiger partial charge on any atom is 0.329 e. The number of hydrogen-bond acceptors (Lipinski definition) is 9. The fraction of sp³-hybridized carbons (Fsp3) is 0.453. The first-order valence-electron chi connectivity index (χ1n) is 24.4. The summed E-state index contributed by atoms with van der Waals surface area (Å²) in [5.41, 5.74) is 7.58. The zero-order valence-corrected chi connectivity index (χ0v) is 40.7. The molecule has 17 heteroatoms. The lowest BCUT2D eigenvalue weighted by atomic mass is 9.77. The van der Waals surface area contributed by atoms with E-state index in [9.17, 15) is 19.2 Å². The SMILES string of the molecule is COc1ccc(C(N)=O)c(-c2c(Cl)c(F)cc3c2[C@H](C)[C@@](CNC2CCC(C(=O)N(C)C4(CN5CCC(c6ccc7c(N8CCC(=O)NC8=O)nn(C)c7c6)CC5)CC4)CC2)(c2ccccc2)O3)c1F. The van der Waals surface area contributed by atoms with Gasteiger partial charge < -0.3 is 30.3 Å². The number of likely N-dealkylation sites (tertiary alicyclic amines) is 1. The molecule has 4 fully saturated rings. The summed E-state index contributed by atoms with van der Waals surface area (Å²) in [6, 6.07) is 19.5. The van der Waals surface area contributed by atoms with Crippen LogP contribution in [0.5, 0.6) is 11.5 Å². The van der Waals surface area contributed by atoms with Crippen molar-refractivity contribution in [1.29, 1.82) is 0 Å². The summed E-state index contributed by atoms with van der Waals surface area (Å²) < 4.78 is 46.0. The van der Waals surface area contributed by atoms with Crippen molar-refractivity contribution in [3.05, 3.63) is 106 Å². The number of aryl methyl sites for hydroxylation is 1. The van der Waals surface area contributed by atoms with Crippen molar-refractivity contribution in [2.75, 3.05) is 51.8 Å². The highest BCUT2D eigenvalue weighted by molar-refractivity contribution is 6.34. The Balaban J connectivity index is 0.773. The average Bonchev–Trinajstić information content (AvgIpc) is 4.00. The minimum atomic E-state index is -1.08. The zero-order valence-electron chi connectivity index (χ0n) is 40.0. The first kappa shape index (κ1) is 47.6. The number of carbonyl (C=O) groups is 4. The molecule has 368 valence electrons. The number of halogens is 3. The molecule has 10 rings (SSSR count). The Morgan fingerprint density at radius 3 is 2.39 bits per heavy atom. The number of urea groups is 1. The Bertz CT molecular complexity index is 2900. The second-order valence-electron chi connectivity index (χ2n) is 20.0. The number of likely N-dealkylation sites (N-methyl/N-ethyl adjacent to an activating group) is 1. The number of hydrogen-bond donors (Lipinski definition) is 3. The molecule has 2 aliphatic carbocycles. The van der Waals surface area contributed by atoms with Gasteiger partial charge in [-0.3, -0.25) is 29.3 Å². The number of ether oxygens (including phenoxy) is 2. The molecule has 4 N–H and O–H groups in total. The van der Waals surface area contributed by atoms with Crippen LogP contribution in [0, 0.1) is 17.6 Å². The first-order valence-corrected chi connectivity index (χ1v) is 24.7. The van der Waals surface area contributed by atoms with Crippen LogP contribution >= 0.6 is 11.6 Å². The van der Waals surface area contributed by atoms with E-state index in [2.05, 4.69) is 37.7 Å². The molecule has 2 saturated heterocycles. The van der Waals surface area contributed by atoms with E-state index in [-0.39, 0.29) is 68.9 Å². The molecule has 0 radical (unpaired) electrons. The second kappa shape index (κ2) is 18.6. The lowest BCUT2D eigenvalue weighted by molar-refractivity contribution is -0.139. The van der Waals surface area contributed by atoms with Gasteiger partial charge in [-0.2, -0.15) is 5.10 Å². The number of fused-ring (bicyclic) bond motifs is 2. The fourth-order valence-electron chi connectivity index (χ4n) is 11.8. The average molecular weight is 978 g/mol. The number of nitrogens with zero attached hydrogens (tertiary/aromatic N) is 5. The molecular formula is C53H59ClF2N8O6. The summed E-state index contributed by atoms with van der Waals surface area (Å²) in [7, 11) is 5.17. The highest BCUT2D eigenvalue weighted by Gasteiger charge is 2.52. The van der Waals surface area contributed by atoms with Crippen LogP contribution in [0.2, 0.25) is 5.02 Å². The van der Waals surface area contributed by atoms with Gasteiger partial charge in [-0.15, -0.1) is 0 Å². The van der Waals surface area contributed by atoms with Crippen LogP contribution in [0.3, 0.4) is 0 Å². The van der Waals surface area contributed by atoms with Gasteiger partial charge in [-0.25, -0.2) is 13.6 Å². The van der Waals surface area contributed by atoms with Gasteiger partial charge in [0.25, 0.3) is 0 Å². The van der Waals surface area contributed by atoms with E-state index < -0.39 is 35.1 Å². The molecule has 14 nitrogen and oxygen atoms in total. The Morgan fingerprint density at radius 1 is 0.986 bits per heavy atom. The van der Waals surface area contributed by atoms with E-state index >= 15 is 8.78 Å². The number of benzene rings is 4. The predicted molar refractivity (Wildman–Crippen MR) is 262 cm³/mol. The number of piperidine rings is 1. The van der Waals surface area contributed by atoms with E-state index in [0.29, 0.717) is 30.4 Å². The van der Waals surface area contributed by atoms with Crippen molar-refractivity contribution in [3.63, 3.8) is 0 Å². The van der Waals surface area contributed by atoms with E-state index in [0.717, 1.165) is 87.5 Å². The molecule has 0 spiro atoms. The predicted octanol–water partition coefficient (Wildman–Crippen LogP) is 8.14. The molecule has 0 bridgehead atoms. The quantitative estimate of drug-likeness (QED) is 0.106. The molecule has 1 aromatic heterocycles. The Kier molecular flexibility index (Phi) is 12.6. The second-order valence-corrected chi connectivity index (χ2v) is 20.4. The van der Waals surface area contributed by atoms with E-state index in [4.69, 9.17) is 26.8 Å². The maximum atomic E-state index is 16.3. The first-order chi connectivity index (χ1) is 33.6. The number of methoxy groups -OCH3 is 1. The molecule has 5 aromatic rings. The van der Waals surface area contributed by atoms with E-state index in [1.165, 1.54) is 35.8 Å². The zero-order chi connectivity index (χ0) is 49.2. The van der Waals surface area contributed by atoms with Crippen molar-refractivity contribution in [2.24, 2.45) is 18.7 Å². The number of imide groups is 1. The van der Waals surface area contributed by atoms with Gasteiger partial charge in [0.15, 0.2) is 23.0 Å². The van der Waals surface area contributed by atoms with Crippen molar-refractivity contribution in [2.45, 2.75) is 93.7 Å². The molecular weight excluding hydrogens is 918 g/mol. The van der Waals surface area contributed by atoms with Gasteiger partial charge in [0.2, 0.25) is 17.7 Å². The molecule has 3 aliphatic heterocycles. The van der Waals surface area contributed by atoms with Gasteiger partial charge in [-0.1, -0.05) is 54.9 Å². The van der Waals surface area contributed by atoms with Crippen LogP contribution < -0.4 is 30.7 Å². The Hall–Kier alpha value is -6.10. The summed E-state index contributed by atoms with van der Waals surface area (Å²) in [6.07, 6.45) is 7.25. The van der Waals surface area contributed by atoms with Crippen molar-refractivity contribution < 1.29 is 37.4 Å². The topological polar surface area (TPSA) is 164 Å². The minimum absolute atomic E-state index is 0.00411. The van der Waals surface area contributed by atoms with Crippen LogP contribution in [0.15, 0.2) is 66.7 Å². The number of anilines is 1. The van der Waals surface area contributed by atoms with Gasteiger partial charge in [0.05, 0.1) is 28.8 Å². The van der Waals surface area contributed by atoms with Crippen molar-refractivity contribution in [3.8, 4) is 22.6 Å². The number of carbonyl (C=O) groups excluding carboxylic acids is 4. The summed E-state index contributed by atoms with van der Waals surface area (Å²) in [5, 5.41) is 11.3. The number of rotatable bonds is 13. The van der Waals surface area contributed by atoms with Crippen LogP contribution in [-0.4, -0.2) is 102 Å². The van der Waals surface area contributed by atoms with Crippen molar-refractivity contribution >= 4 is 52.1 Å². The minimum Gasteiger partial charge on any atom is -0.494 e. The number of aromatic nitrogens is 2. The fourth-order valence-corrected chi connectivity index (χ4v) is 12.0. The van der Waals surface area contributed by atoms with Crippen LogP contribution in [-0.2, 0) is 22.2 Å². The van der Waals surface area contributed by atoms with Crippen LogP contribution in [0.25, 0.3) is 22.0 Å².